The first-order valence-electron chi connectivity index (χ1n) is 15.2. The van der Waals surface area contributed by atoms with E-state index in [1.54, 1.807) is 0 Å². The molecule has 3 aromatic rings. The Kier molecular flexibility index (Phi) is 6.08. The molecule has 9 rings (SSSR count). The van der Waals surface area contributed by atoms with Gasteiger partial charge >= 0.3 is 6.03 Å². The van der Waals surface area contributed by atoms with E-state index in [0.29, 0.717) is 24.9 Å². The number of anilines is 4. The van der Waals surface area contributed by atoms with Crippen LogP contribution in [-0.2, 0) is 6.42 Å². The lowest BCUT2D eigenvalue weighted by atomic mass is 9.47. The summed E-state index contributed by atoms with van der Waals surface area (Å²) in [6.45, 7) is 5.34. The largest absolute Gasteiger partial charge is 0.368 e. The van der Waals surface area contributed by atoms with Crippen LogP contribution in [0.2, 0.25) is 0 Å². The van der Waals surface area contributed by atoms with Gasteiger partial charge in [-0.1, -0.05) is 17.3 Å². The Balaban J connectivity index is 0.979. The lowest BCUT2D eigenvalue weighted by Crippen LogP contribution is -2.61. The van der Waals surface area contributed by atoms with Crippen LogP contribution in [0.15, 0.2) is 42.6 Å². The number of para-hydroxylation sites is 2. The van der Waals surface area contributed by atoms with Crippen LogP contribution in [0.4, 0.5) is 27.7 Å². The third-order valence-electron chi connectivity index (χ3n) is 10.4. The molecule has 3 N–H and O–H groups in total. The van der Waals surface area contributed by atoms with Gasteiger partial charge in [0.25, 0.3) is 0 Å². The van der Waals surface area contributed by atoms with Crippen molar-refractivity contribution in [1.82, 2.24) is 36.2 Å². The van der Waals surface area contributed by atoms with E-state index >= 15 is 0 Å². The van der Waals surface area contributed by atoms with Crippen LogP contribution in [0.3, 0.4) is 0 Å². The lowest BCUT2D eigenvalue weighted by Gasteiger charge is -2.60. The minimum absolute atomic E-state index is 0.0313. The van der Waals surface area contributed by atoms with E-state index < -0.39 is 0 Å². The maximum atomic E-state index is 13.9. The van der Waals surface area contributed by atoms with Crippen LogP contribution in [-0.4, -0.2) is 76.9 Å². The number of aromatic nitrogens is 5. The molecule has 0 radical (unpaired) electrons. The Hall–Kier alpha value is -3.73. The summed E-state index contributed by atoms with van der Waals surface area (Å²) >= 11 is 0. The molecule has 4 heterocycles. The number of hydrogen-bond donors (Lipinski definition) is 3. The molecule has 4 aliphatic carbocycles. The number of carbonyl (C=O) groups is 1. The predicted molar refractivity (Wildman–Crippen MR) is 156 cm³/mol. The SMILES string of the molecule is O=C(NC1C2CC3CC1CC(Cc1nn[nH]n1)(C3)C2)N1CCN(c2ccc(N3CCNCC3)cn2)c2ccccc21. The normalized spacial score (nSPS) is 30.4. The monoisotopic (exact) mass is 554 g/mol. The molecule has 1 aromatic carbocycles. The molecule has 2 aliphatic heterocycles. The van der Waals surface area contributed by atoms with Crippen LogP contribution >= 0.6 is 0 Å². The van der Waals surface area contributed by atoms with E-state index in [9.17, 15) is 4.79 Å². The molecule has 2 unspecified atom stereocenters. The summed E-state index contributed by atoms with van der Waals surface area (Å²) in [5.74, 6) is 3.54. The second-order valence-electron chi connectivity index (χ2n) is 12.9. The average molecular weight is 555 g/mol. The Bertz CT molecular complexity index is 1370. The first-order chi connectivity index (χ1) is 20.1. The van der Waals surface area contributed by atoms with Gasteiger partial charge in [-0.3, -0.25) is 4.90 Å². The number of aromatic amines is 1. The van der Waals surface area contributed by atoms with Gasteiger partial charge in [-0.25, -0.2) is 9.78 Å². The Morgan fingerprint density at radius 3 is 2.51 bits per heavy atom. The van der Waals surface area contributed by atoms with Gasteiger partial charge in [0.05, 0.1) is 23.3 Å². The number of hydrogen-bond acceptors (Lipinski definition) is 8. The first-order valence-corrected chi connectivity index (χ1v) is 15.2. The van der Waals surface area contributed by atoms with Gasteiger partial charge in [0.2, 0.25) is 0 Å². The standard InChI is InChI=1S/C30H38N10O/c41-29(33-28-21-13-20-14-22(28)17-30(15-20,16-21)18-26-34-36-37-35-26)40-12-11-39(24-3-1-2-4-25(24)40)27-6-5-23(19-32-27)38-9-7-31-8-10-38/h1-6,19-22,28,31H,7-18H2,(H,33,41)(H,34,35,36,37). The summed E-state index contributed by atoms with van der Waals surface area (Å²) in [7, 11) is 0. The fraction of sp³-hybridized carbons (Fsp3) is 0.567. The number of H-pyrrole nitrogens is 1. The van der Waals surface area contributed by atoms with Gasteiger partial charge in [0.15, 0.2) is 5.82 Å². The van der Waals surface area contributed by atoms with Crippen molar-refractivity contribution < 1.29 is 4.79 Å². The predicted octanol–water partition coefficient (Wildman–Crippen LogP) is 3.11. The molecule has 4 saturated carbocycles. The topological polar surface area (TPSA) is 118 Å². The molecule has 2 aromatic heterocycles. The number of nitrogens with one attached hydrogen (secondary N) is 3. The highest BCUT2D eigenvalue weighted by Crippen LogP contribution is 2.61. The van der Waals surface area contributed by atoms with Crippen molar-refractivity contribution in [3.63, 3.8) is 0 Å². The zero-order valence-corrected chi connectivity index (χ0v) is 23.4. The van der Waals surface area contributed by atoms with E-state index in [0.717, 1.165) is 80.1 Å². The van der Waals surface area contributed by atoms with E-state index in [1.165, 1.54) is 19.3 Å². The number of tetrazole rings is 1. The third kappa shape index (κ3) is 4.50. The molecular formula is C30H38N10O. The first kappa shape index (κ1) is 25.0. The molecule has 214 valence electrons. The van der Waals surface area contributed by atoms with E-state index in [4.69, 9.17) is 4.98 Å². The summed E-state index contributed by atoms with van der Waals surface area (Å²) < 4.78 is 0. The molecule has 41 heavy (non-hydrogen) atoms. The second kappa shape index (κ2) is 9.97. The molecular weight excluding hydrogens is 516 g/mol. The van der Waals surface area contributed by atoms with Crippen LogP contribution in [0.5, 0.6) is 0 Å². The molecule has 2 amide bonds. The van der Waals surface area contributed by atoms with Crippen LogP contribution in [0.25, 0.3) is 0 Å². The summed E-state index contributed by atoms with van der Waals surface area (Å²) in [5.41, 5.74) is 3.39. The third-order valence-corrected chi connectivity index (χ3v) is 10.4. The van der Waals surface area contributed by atoms with Crippen LogP contribution in [0.1, 0.15) is 37.9 Å². The number of nitrogens with zero attached hydrogens (tertiary/aromatic N) is 7. The minimum atomic E-state index is 0.0313. The van der Waals surface area contributed by atoms with E-state index in [-0.39, 0.29) is 17.5 Å². The van der Waals surface area contributed by atoms with Crippen molar-refractivity contribution in [3.05, 3.63) is 48.4 Å². The molecule has 2 atom stereocenters. The summed E-state index contributed by atoms with van der Waals surface area (Å²) in [5, 5.41) is 21.9. The van der Waals surface area contributed by atoms with E-state index in [2.05, 4.69) is 65.3 Å². The maximum Gasteiger partial charge on any atom is 0.322 e. The van der Waals surface area contributed by atoms with Crippen molar-refractivity contribution >= 4 is 28.9 Å². The molecule has 5 fully saturated rings. The van der Waals surface area contributed by atoms with Gasteiger partial charge < -0.3 is 20.4 Å². The zero-order chi connectivity index (χ0) is 27.4. The number of benzene rings is 1. The van der Waals surface area contributed by atoms with Crippen molar-refractivity contribution in [2.75, 3.05) is 54.0 Å². The van der Waals surface area contributed by atoms with Crippen molar-refractivity contribution in [1.29, 1.82) is 0 Å². The highest BCUT2D eigenvalue weighted by Gasteiger charge is 2.56. The summed E-state index contributed by atoms with van der Waals surface area (Å²) in [6, 6.07) is 12.8. The quantitative estimate of drug-likeness (QED) is 0.440. The fourth-order valence-corrected chi connectivity index (χ4v) is 8.92. The van der Waals surface area contributed by atoms with E-state index in [1.807, 2.05) is 23.2 Å². The Labute approximate surface area is 240 Å². The highest BCUT2D eigenvalue weighted by molar-refractivity contribution is 5.98. The number of urea groups is 1. The number of piperazine rings is 1. The van der Waals surface area contributed by atoms with Crippen molar-refractivity contribution in [3.8, 4) is 0 Å². The number of fused-ring (bicyclic) bond motifs is 1. The second-order valence-corrected chi connectivity index (χ2v) is 12.9. The molecule has 1 saturated heterocycles. The smallest absolute Gasteiger partial charge is 0.322 e. The van der Waals surface area contributed by atoms with Gasteiger partial charge in [0, 0.05) is 51.7 Å². The summed E-state index contributed by atoms with van der Waals surface area (Å²) in [4.78, 5) is 25.3. The van der Waals surface area contributed by atoms with Crippen LogP contribution < -0.4 is 25.3 Å². The Morgan fingerprint density at radius 1 is 0.976 bits per heavy atom. The number of rotatable bonds is 5. The van der Waals surface area contributed by atoms with Crippen LogP contribution in [0, 0.1) is 23.2 Å². The minimum Gasteiger partial charge on any atom is -0.368 e. The Morgan fingerprint density at radius 2 is 1.78 bits per heavy atom. The maximum absolute atomic E-state index is 13.9. The molecule has 6 aliphatic rings. The van der Waals surface area contributed by atoms with Crippen molar-refractivity contribution in [2.24, 2.45) is 23.2 Å². The number of carbonyl (C=O) groups excluding carboxylic acids is 1. The number of pyridine rings is 1. The molecule has 11 heteroatoms. The van der Waals surface area contributed by atoms with Crippen molar-refractivity contribution in [2.45, 2.75) is 44.6 Å². The van der Waals surface area contributed by atoms with Gasteiger partial charge in [-0.05, 0) is 79.5 Å². The summed E-state index contributed by atoms with van der Waals surface area (Å²) in [6.07, 6.45) is 8.85. The highest BCUT2D eigenvalue weighted by atomic mass is 16.2. The zero-order valence-electron chi connectivity index (χ0n) is 23.4. The van der Waals surface area contributed by atoms with Gasteiger partial charge in [-0.15, -0.1) is 10.2 Å². The number of amides is 2. The molecule has 11 nitrogen and oxygen atoms in total. The average Bonchev–Trinajstić information content (AvgIpc) is 3.51. The lowest BCUT2D eigenvalue weighted by molar-refractivity contribution is -0.0735. The molecule has 4 bridgehead atoms. The van der Waals surface area contributed by atoms with Gasteiger partial charge in [0.1, 0.15) is 5.82 Å². The van der Waals surface area contributed by atoms with Gasteiger partial charge in [-0.2, -0.15) is 5.21 Å². The fourth-order valence-electron chi connectivity index (χ4n) is 8.92. The molecule has 0 spiro atoms.